The normalized spacial score (nSPS) is 11.9. The maximum absolute atomic E-state index is 12.8. The summed E-state index contributed by atoms with van der Waals surface area (Å²) in [5.41, 5.74) is 6.68. The molecule has 2 N–H and O–H groups in total. The van der Waals surface area contributed by atoms with Gasteiger partial charge in [0, 0.05) is 24.7 Å². The van der Waals surface area contributed by atoms with E-state index in [1.807, 2.05) is 0 Å². The summed E-state index contributed by atoms with van der Waals surface area (Å²) in [5, 5.41) is 1.58. The molecule has 0 spiro atoms. The summed E-state index contributed by atoms with van der Waals surface area (Å²) in [6.45, 7) is 0.181. The maximum atomic E-state index is 12.8. The van der Waals surface area contributed by atoms with Crippen LogP contribution in [0.25, 0.3) is 0 Å². The Hall–Kier alpha value is -1.44. The highest BCUT2D eigenvalue weighted by Crippen LogP contribution is 2.25. The molecule has 0 aliphatic rings. The largest absolute Gasteiger partial charge is 0.398 e. The van der Waals surface area contributed by atoms with Crippen molar-refractivity contribution in [1.29, 1.82) is 0 Å². The molecule has 1 aromatic heterocycles. The Balaban J connectivity index is 2.19. The van der Waals surface area contributed by atoms with Crippen molar-refractivity contribution in [3.05, 3.63) is 47.1 Å². The Kier molecular flexibility index (Phi) is 3.88. The molecule has 7 heteroatoms. The van der Waals surface area contributed by atoms with Crippen LogP contribution in [0.5, 0.6) is 0 Å². The lowest BCUT2D eigenvalue weighted by Gasteiger charge is -2.15. The van der Waals surface area contributed by atoms with Crippen LogP contribution in [0.3, 0.4) is 0 Å². The van der Waals surface area contributed by atoms with Gasteiger partial charge >= 0.3 is 0 Å². The molecule has 2 aromatic rings. The van der Waals surface area contributed by atoms with Crippen LogP contribution in [0, 0.1) is 5.82 Å². The number of nitrogen functional groups attached to an aromatic ring is 1. The Morgan fingerprint density at radius 2 is 1.95 bits per heavy atom. The molecule has 0 atom stereocenters. The first-order chi connectivity index (χ1) is 8.89. The number of sulfonamides is 1. The fourth-order valence-electron chi connectivity index (χ4n) is 1.55. The summed E-state index contributed by atoms with van der Waals surface area (Å²) < 4.78 is 38.6. The van der Waals surface area contributed by atoms with Crippen molar-refractivity contribution in [2.75, 3.05) is 12.8 Å². The summed E-state index contributed by atoms with van der Waals surface area (Å²) >= 11 is 1.08. The van der Waals surface area contributed by atoms with Gasteiger partial charge in [0.2, 0.25) is 0 Å². The van der Waals surface area contributed by atoms with Crippen LogP contribution in [0.1, 0.15) is 5.56 Å². The molecule has 19 heavy (non-hydrogen) atoms. The second kappa shape index (κ2) is 5.28. The number of hydrogen-bond donors (Lipinski definition) is 1. The van der Waals surface area contributed by atoms with Gasteiger partial charge in [-0.3, -0.25) is 0 Å². The first-order valence-electron chi connectivity index (χ1n) is 5.44. The smallest absolute Gasteiger partial charge is 0.252 e. The van der Waals surface area contributed by atoms with Gasteiger partial charge in [-0.05, 0) is 23.8 Å². The molecule has 0 bridgehead atoms. The third-order valence-corrected chi connectivity index (χ3v) is 5.82. The number of benzene rings is 1. The van der Waals surface area contributed by atoms with E-state index < -0.39 is 10.0 Å². The first kappa shape index (κ1) is 14.0. The lowest BCUT2D eigenvalue weighted by molar-refractivity contribution is 0.468. The summed E-state index contributed by atoms with van der Waals surface area (Å²) in [7, 11) is -2.07. The molecule has 102 valence electrons. The van der Waals surface area contributed by atoms with Gasteiger partial charge < -0.3 is 5.73 Å². The van der Waals surface area contributed by atoms with Gasteiger partial charge in [0.1, 0.15) is 10.0 Å². The van der Waals surface area contributed by atoms with Gasteiger partial charge in [-0.1, -0.05) is 12.1 Å². The van der Waals surface area contributed by atoms with E-state index in [4.69, 9.17) is 5.73 Å². The predicted molar refractivity (Wildman–Crippen MR) is 73.8 cm³/mol. The fourth-order valence-corrected chi connectivity index (χ4v) is 4.00. The molecule has 4 nitrogen and oxygen atoms in total. The predicted octanol–water partition coefficient (Wildman–Crippen LogP) is 2.29. The Bertz CT molecular complexity index is 665. The first-order valence-corrected chi connectivity index (χ1v) is 7.76. The number of anilines is 1. The molecule has 0 unspecified atom stereocenters. The summed E-state index contributed by atoms with van der Waals surface area (Å²) in [5.74, 6) is -0.347. The van der Waals surface area contributed by atoms with E-state index in [-0.39, 0.29) is 16.6 Å². The Morgan fingerprint density at radius 1 is 1.32 bits per heavy atom. The zero-order valence-electron chi connectivity index (χ0n) is 10.2. The number of hydrogen-bond acceptors (Lipinski definition) is 4. The number of rotatable bonds is 4. The highest BCUT2D eigenvalue weighted by Gasteiger charge is 2.22. The minimum absolute atomic E-state index is 0.181. The third-order valence-electron chi connectivity index (χ3n) is 2.58. The van der Waals surface area contributed by atoms with Gasteiger partial charge in [0.05, 0.1) is 0 Å². The topological polar surface area (TPSA) is 63.4 Å². The van der Waals surface area contributed by atoms with Crippen LogP contribution in [0.2, 0.25) is 0 Å². The fraction of sp³-hybridized carbons (Fsp3) is 0.167. The average Bonchev–Trinajstić information content (AvgIpc) is 2.79. The molecule has 2 rings (SSSR count). The Morgan fingerprint density at radius 3 is 2.47 bits per heavy atom. The molecule has 0 fully saturated rings. The van der Waals surface area contributed by atoms with Crippen molar-refractivity contribution >= 4 is 27.0 Å². The highest BCUT2D eigenvalue weighted by molar-refractivity contribution is 7.91. The van der Waals surface area contributed by atoms with Crippen molar-refractivity contribution in [1.82, 2.24) is 4.31 Å². The SMILES string of the molecule is CN(Cc1ccc(F)cc1)S(=O)(=O)c1cc(N)cs1. The number of nitrogens with two attached hydrogens (primary N) is 1. The average molecular weight is 300 g/mol. The van der Waals surface area contributed by atoms with E-state index in [9.17, 15) is 12.8 Å². The van der Waals surface area contributed by atoms with Crippen LogP contribution < -0.4 is 5.73 Å². The summed E-state index contributed by atoms with van der Waals surface area (Å²) in [6, 6.07) is 7.16. The Labute approximate surface area is 115 Å². The lowest BCUT2D eigenvalue weighted by Crippen LogP contribution is -2.25. The second-order valence-corrected chi connectivity index (χ2v) is 7.27. The zero-order chi connectivity index (χ0) is 14.0. The second-order valence-electron chi connectivity index (χ2n) is 4.09. The number of nitrogens with zero attached hydrogens (tertiary/aromatic N) is 1. The van der Waals surface area contributed by atoms with Crippen LogP contribution >= 0.6 is 11.3 Å². The van der Waals surface area contributed by atoms with Gasteiger partial charge in [0.25, 0.3) is 10.0 Å². The van der Waals surface area contributed by atoms with Gasteiger partial charge in [-0.15, -0.1) is 11.3 Å². The highest BCUT2D eigenvalue weighted by atomic mass is 32.2. The molecule has 0 saturated carbocycles. The van der Waals surface area contributed by atoms with Gasteiger partial charge in [0.15, 0.2) is 0 Å². The van der Waals surface area contributed by atoms with E-state index in [1.165, 1.54) is 29.6 Å². The third kappa shape index (κ3) is 3.12. The molecule has 0 amide bonds. The molecule has 0 aliphatic carbocycles. The van der Waals surface area contributed by atoms with Crippen molar-refractivity contribution in [2.45, 2.75) is 10.8 Å². The molecule has 0 radical (unpaired) electrons. The van der Waals surface area contributed by atoms with Crippen molar-refractivity contribution in [3.8, 4) is 0 Å². The molecular formula is C12H13FN2O2S2. The summed E-state index contributed by atoms with van der Waals surface area (Å²) in [4.78, 5) is 0. The van der Waals surface area contributed by atoms with E-state index >= 15 is 0 Å². The lowest BCUT2D eigenvalue weighted by atomic mass is 10.2. The monoisotopic (exact) mass is 300 g/mol. The van der Waals surface area contributed by atoms with Crippen molar-refractivity contribution in [2.24, 2.45) is 0 Å². The molecule has 1 aromatic carbocycles. The molecular weight excluding hydrogens is 287 g/mol. The molecule has 1 heterocycles. The maximum Gasteiger partial charge on any atom is 0.252 e. The van der Waals surface area contributed by atoms with E-state index in [0.717, 1.165) is 16.9 Å². The number of halogens is 1. The van der Waals surface area contributed by atoms with E-state index in [1.54, 1.807) is 17.5 Å². The van der Waals surface area contributed by atoms with Crippen LogP contribution in [0.4, 0.5) is 10.1 Å². The molecule has 0 saturated heterocycles. The van der Waals surface area contributed by atoms with E-state index in [2.05, 4.69) is 0 Å². The van der Waals surface area contributed by atoms with Crippen LogP contribution in [-0.2, 0) is 16.6 Å². The van der Waals surface area contributed by atoms with Gasteiger partial charge in [-0.25, -0.2) is 12.8 Å². The molecule has 0 aliphatic heterocycles. The quantitative estimate of drug-likeness (QED) is 0.942. The summed E-state index contributed by atoms with van der Waals surface area (Å²) in [6.07, 6.45) is 0. The minimum atomic E-state index is -3.55. The van der Waals surface area contributed by atoms with Crippen LogP contribution in [0.15, 0.2) is 39.9 Å². The van der Waals surface area contributed by atoms with Gasteiger partial charge in [-0.2, -0.15) is 4.31 Å². The van der Waals surface area contributed by atoms with Crippen molar-refractivity contribution < 1.29 is 12.8 Å². The van der Waals surface area contributed by atoms with E-state index in [0.29, 0.717) is 5.69 Å². The standard InChI is InChI=1S/C12H13FN2O2S2/c1-15(7-9-2-4-10(13)5-3-9)19(16,17)12-6-11(14)8-18-12/h2-6,8H,7,14H2,1H3. The van der Waals surface area contributed by atoms with Crippen molar-refractivity contribution in [3.63, 3.8) is 0 Å². The minimum Gasteiger partial charge on any atom is -0.398 e. The number of thiophene rings is 1. The van der Waals surface area contributed by atoms with Crippen LogP contribution in [-0.4, -0.2) is 19.8 Å². The zero-order valence-corrected chi connectivity index (χ0v) is 11.8.